The average Bonchev–Trinajstić information content (AvgIpc) is 3.12. The number of para-hydroxylation sites is 1. The minimum atomic E-state index is 0.226. The molecule has 3 aromatic carbocycles. The molecule has 0 aliphatic rings. The lowest BCUT2D eigenvalue weighted by molar-refractivity contribution is 0.314. The van der Waals surface area contributed by atoms with Gasteiger partial charge < -0.3 is 9.62 Å². The van der Waals surface area contributed by atoms with Crippen LogP contribution in [0, 0.1) is 5.92 Å². The zero-order valence-electron chi connectivity index (χ0n) is 16.1. The fourth-order valence-corrected chi connectivity index (χ4v) is 3.99. The Balaban J connectivity index is 1.57. The first-order valence-corrected chi connectivity index (χ1v) is 9.97. The minimum absolute atomic E-state index is 0.226. The predicted molar refractivity (Wildman–Crippen MR) is 115 cm³/mol. The van der Waals surface area contributed by atoms with Crippen LogP contribution in [0.4, 0.5) is 0 Å². The Morgan fingerprint density at radius 3 is 2.46 bits per heavy atom. The minimum Gasteiger partial charge on any atom is -0.456 e. The molecule has 0 spiro atoms. The van der Waals surface area contributed by atoms with Gasteiger partial charge in [0, 0.05) is 22.3 Å². The monoisotopic (exact) mass is 371 g/mol. The van der Waals surface area contributed by atoms with Crippen LogP contribution in [0.2, 0.25) is 0 Å². The second-order valence-electron chi connectivity index (χ2n) is 7.28. The lowest BCUT2D eigenvalue weighted by atomic mass is 9.88. The predicted octanol–water partition coefficient (Wildman–Crippen LogP) is 6.81. The molecule has 1 unspecified atom stereocenters. The first-order valence-electron chi connectivity index (χ1n) is 9.97. The standard InChI is InChI=1S/C25H25NO2/c1-2-19(12-8-11-18-9-4-3-5-10-18)25(26-27)20-15-16-24-22(17-20)21-13-6-7-14-23(21)28-24/h3-7,9-10,13-17,19,27H,2,8,11-12H2,1H3. The van der Waals surface area contributed by atoms with E-state index in [-0.39, 0.29) is 5.92 Å². The number of oxime groups is 1. The maximum atomic E-state index is 9.80. The molecule has 3 nitrogen and oxygen atoms in total. The van der Waals surface area contributed by atoms with Crippen LogP contribution in [0.3, 0.4) is 0 Å². The molecule has 1 heterocycles. The van der Waals surface area contributed by atoms with Crippen molar-refractivity contribution >= 4 is 27.7 Å². The Hall–Kier alpha value is -3.07. The molecule has 0 saturated carbocycles. The van der Waals surface area contributed by atoms with Crippen LogP contribution in [-0.2, 0) is 6.42 Å². The summed E-state index contributed by atoms with van der Waals surface area (Å²) in [5.74, 6) is 0.226. The Kier molecular flexibility index (Phi) is 5.43. The molecule has 0 aliphatic heterocycles. The highest BCUT2D eigenvalue weighted by Crippen LogP contribution is 2.30. The maximum absolute atomic E-state index is 9.80. The second-order valence-corrected chi connectivity index (χ2v) is 7.28. The van der Waals surface area contributed by atoms with Gasteiger partial charge in [-0.3, -0.25) is 0 Å². The van der Waals surface area contributed by atoms with Crippen LogP contribution in [-0.4, -0.2) is 10.9 Å². The molecule has 28 heavy (non-hydrogen) atoms. The van der Waals surface area contributed by atoms with Gasteiger partial charge in [-0.2, -0.15) is 0 Å². The third kappa shape index (κ3) is 3.65. The van der Waals surface area contributed by atoms with Crippen LogP contribution >= 0.6 is 0 Å². The molecule has 4 aromatic rings. The van der Waals surface area contributed by atoms with Crippen molar-refractivity contribution in [2.45, 2.75) is 32.6 Å². The molecule has 0 radical (unpaired) electrons. The molecule has 1 atom stereocenters. The van der Waals surface area contributed by atoms with Gasteiger partial charge in [0.05, 0.1) is 5.71 Å². The fraction of sp³-hybridized carbons (Fsp3) is 0.240. The van der Waals surface area contributed by atoms with Crippen molar-refractivity contribution in [2.24, 2.45) is 11.1 Å². The molecule has 0 saturated heterocycles. The summed E-state index contributed by atoms with van der Waals surface area (Å²) in [5, 5.41) is 15.7. The van der Waals surface area contributed by atoms with Gasteiger partial charge in [-0.25, -0.2) is 0 Å². The molecule has 1 aromatic heterocycles. The van der Waals surface area contributed by atoms with Crippen molar-refractivity contribution < 1.29 is 9.62 Å². The summed E-state index contributed by atoms with van der Waals surface area (Å²) < 4.78 is 5.92. The van der Waals surface area contributed by atoms with Crippen molar-refractivity contribution in [3.05, 3.63) is 83.9 Å². The van der Waals surface area contributed by atoms with Gasteiger partial charge in [-0.15, -0.1) is 0 Å². The zero-order chi connectivity index (χ0) is 19.3. The molecule has 0 amide bonds. The largest absolute Gasteiger partial charge is 0.456 e. The average molecular weight is 371 g/mol. The summed E-state index contributed by atoms with van der Waals surface area (Å²) in [4.78, 5) is 0. The van der Waals surface area contributed by atoms with Gasteiger partial charge in [0.15, 0.2) is 0 Å². The summed E-state index contributed by atoms with van der Waals surface area (Å²) in [6.07, 6.45) is 4.05. The summed E-state index contributed by atoms with van der Waals surface area (Å²) in [6.45, 7) is 2.16. The number of benzene rings is 3. The fourth-order valence-electron chi connectivity index (χ4n) is 3.99. The Morgan fingerprint density at radius 2 is 1.68 bits per heavy atom. The molecule has 3 heteroatoms. The number of nitrogens with zero attached hydrogens (tertiary/aromatic N) is 1. The van der Waals surface area contributed by atoms with Gasteiger partial charge in [-0.1, -0.05) is 60.6 Å². The van der Waals surface area contributed by atoms with E-state index in [2.05, 4.69) is 48.5 Å². The van der Waals surface area contributed by atoms with E-state index >= 15 is 0 Å². The summed E-state index contributed by atoms with van der Waals surface area (Å²) in [5.41, 5.74) is 4.83. The molecule has 0 bridgehead atoms. The van der Waals surface area contributed by atoms with Crippen LogP contribution in [0.5, 0.6) is 0 Å². The van der Waals surface area contributed by atoms with Crippen LogP contribution < -0.4 is 0 Å². The first-order chi connectivity index (χ1) is 13.8. The molecule has 4 rings (SSSR count). The van der Waals surface area contributed by atoms with Gasteiger partial charge in [0.25, 0.3) is 0 Å². The summed E-state index contributed by atoms with van der Waals surface area (Å²) in [6, 6.07) is 24.7. The van der Waals surface area contributed by atoms with Crippen molar-refractivity contribution in [3.63, 3.8) is 0 Å². The lowest BCUT2D eigenvalue weighted by Gasteiger charge is -2.17. The number of rotatable bonds is 7. The highest BCUT2D eigenvalue weighted by atomic mass is 16.4. The number of hydrogen-bond donors (Lipinski definition) is 1. The smallest absolute Gasteiger partial charge is 0.135 e. The van der Waals surface area contributed by atoms with E-state index in [4.69, 9.17) is 4.42 Å². The first kappa shape index (κ1) is 18.3. The van der Waals surface area contributed by atoms with Gasteiger partial charge in [0.2, 0.25) is 0 Å². The quantitative estimate of drug-likeness (QED) is 0.220. The molecule has 142 valence electrons. The maximum Gasteiger partial charge on any atom is 0.135 e. The Morgan fingerprint density at radius 1 is 0.929 bits per heavy atom. The van der Waals surface area contributed by atoms with Crippen LogP contribution in [0.1, 0.15) is 37.3 Å². The van der Waals surface area contributed by atoms with E-state index < -0.39 is 0 Å². The van der Waals surface area contributed by atoms with Crippen molar-refractivity contribution in [1.29, 1.82) is 0 Å². The molecule has 0 fully saturated rings. The van der Waals surface area contributed by atoms with Crippen molar-refractivity contribution in [1.82, 2.24) is 0 Å². The van der Waals surface area contributed by atoms with Gasteiger partial charge >= 0.3 is 0 Å². The lowest BCUT2D eigenvalue weighted by Crippen LogP contribution is -2.16. The Bertz CT molecular complexity index is 1100. The number of furan rings is 1. The van der Waals surface area contributed by atoms with E-state index in [9.17, 15) is 5.21 Å². The summed E-state index contributed by atoms with van der Waals surface area (Å²) in [7, 11) is 0. The van der Waals surface area contributed by atoms with Crippen LogP contribution in [0.15, 0.2) is 82.4 Å². The number of fused-ring (bicyclic) bond motifs is 3. The van der Waals surface area contributed by atoms with Crippen LogP contribution in [0.25, 0.3) is 21.9 Å². The van der Waals surface area contributed by atoms with E-state index in [0.717, 1.165) is 58.9 Å². The molecular formula is C25H25NO2. The van der Waals surface area contributed by atoms with Gasteiger partial charge in [-0.05, 0) is 55.5 Å². The summed E-state index contributed by atoms with van der Waals surface area (Å²) >= 11 is 0. The third-order valence-corrected chi connectivity index (χ3v) is 5.52. The highest BCUT2D eigenvalue weighted by molar-refractivity contribution is 6.10. The highest BCUT2D eigenvalue weighted by Gasteiger charge is 2.18. The zero-order valence-corrected chi connectivity index (χ0v) is 16.1. The topological polar surface area (TPSA) is 45.7 Å². The molecule has 1 N–H and O–H groups in total. The van der Waals surface area contributed by atoms with E-state index in [0.29, 0.717) is 0 Å². The van der Waals surface area contributed by atoms with E-state index in [1.807, 2.05) is 36.4 Å². The van der Waals surface area contributed by atoms with E-state index in [1.165, 1.54) is 5.56 Å². The van der Waals surface area contributed by atoms with Crippen molar-refractivity contribution in [3.8, 4) is 0 Å². The third-order valence-electron chi connectivity index (χ3n) is 5.52. The normalized spacial score (nSPS) is 13.2. The number of hydrogen-bond acceptors (Lipinski definition) is 3. The second kappa shape index (κ2) is 8.30. The Labute approximate surface area is 165 Å². The van der Waals surface area contributed by atoms with Crippen molar-refractivity contribution in [2.75, 3.05) is 0 Å². The van der Waals surface area contributed by atoms with E-state index in [1.54, 1.807) is 0 Å². The molecular weight excluding hydrogens is 346 g/mol. The molecule has 0 aliphatic carbocycles. The SMILES string of the molecule is CCC(CCCc1ccccc1)C(=NO)c1ccc2oc3ccccc3c2c1. The van der Waals surface area contributed by atoms with Gasteiger partial charge in [0.1, 0.15) is 11.2 Å². The number of aryl methyl sites for hydroxylation is 1.